The van der Waals surface area contributed by atoms with E-state index in [1.165, 1.54) is 0 Å². The van der Waals surface area contributed by atoms with Crippen molar-refractivity contribution in [3.63, 3.8) is 0 Å². The molecule has 1 N–H and O–H groups in total. The molecule has 1 aliphatic rings. The number of anilines is 1. The van der Waals surface area contributed by atoms with Gasteiger partial charge in [-0.3, -0.25) is 4.79 Å². The second kappa shape index (κ2) is 5.16. The molecule has 0 saturated carbocycles. The summed E-state index contributed by atoms with van der Waals surface area (Å²) in [5, 5.41) is 3.06. The first kappa shape index (κ1) is 12.5. The van der Waals surface area contributed by atoms with E-state index >= 15 is 0 Å². The minimum Gasteiger partial charge on any atom is -0.344 e. The van der Waals surface area contributed by atoms with Gasteiger partial charge in [-0.25, -0.2) is 0 Å². The number of ether oxygens (including phenoxy) is 2. The Labute approximate surface area is 108 Å². The highest BCUT2D eigenvalue weighted by atomic mass is 79.9. The van der Waals surface area contributed by atoms with E-state index in [0.717, 1.165) is 11.3 Å². The molecule has 2 rings (SSSR count). The fourth-order valence-corrected chi connectivity index (χ4v) is 1.90. The highest BCUT2D eigenvalue weighted by molar-refractivity contribution is 9.09. The lowest BCUT2D eigenvalue weighted by Crippen LogP contribution is -2.22. The molecular weight excluding hydrogens is 286 g/mol. The number of amides is 1. The molecule has 0 unspecified atom stereocenters. The third kappa shape index (κ3) is 2.86. The summed E-state index contributed by atoms with van der Waals surface area (Å²) in [5.74, 6) is -0.782. The van der Waals surface area contributed by atoms with Gasteiger partial charge in [-0.2, -0.15) is 0 Å². The van der Waals surface area contributed by atoms with E-state index in [1.807, 2.05) is 31.2 Å². The zero-order valence-corrected chi connectivity index (χ0v) is 11.1. The molecule has 4 nitrogen and oxygen atoms in total. The van der Waals surface area contributed by atoms with Gasteiger partial charge in [0.2, 0.25) is 5.91 Å². The molecule has 0 atom stereocenters. The molecule has 17 heavy (non-hydrogen) atoms. The maximum Gasteiger partial charge on any atom is 0.235 e. The van der Waals surface area contributed by atoms with Gasteiger partial charge < -0.3 is 14.8 Å². The van der Waals surface area contributed by atoms with Gasteiger partial charge in [0.15, 0.2) is 5.79 Å². The second-order valence-electron chi connectivity index (χ2n) is 3.91. The molecule has 1 aliphatic heterocycles. The van der Waals surface area contributed by atoms with Gasteiger partial charge in [-0.1, -0.05) is 28.1 Å². The van der Waals surface area contributed by atoms with Crippen molar-refractivity contribution in [1.82, 2.24) is 0 Å². The minimum atomic E-state index is -0.699. The van der Waals surface area contributed by atoms with E-state index in [1.54, 1.807) is 0 Å². The molecule has 0 radical (unpaired) electrons. The van der Waals surface area contributed by atoms with Crippen LogP contribution in [0.15, 0.2) is 24.3 Å². The predicted molar refractivity (Wildman–Crippen MR) is 68.1 cm³/mol. The van der Waals surface area contributed by atoms with Crippen LogP contribution < -0.4 is 5.32 Å². The van der Waals surface area contributed by atoms with Gasteiger partial charge in [0.05, 0.1) is 18.5 Å². The molecule has 0 aliphatic carbocycles. The molecule has 5 heteroatoms. The molecule has 1 amide bonds. The number of hydrogen-bond donors (Lipinski definition) is 1. The average molecular weight is 300 g/mol. The van der Waals surface area contributed by atoms with Gasteiger partial charge in [-0.15, -0.1) is 0 Å². The Balaban J connectivity index is 2.19. The summed E-state index contributed by atoms with van der Waals surface area (Å²) in [7, 11) is 0. The Morgan fingerprint density at radius 1 is 1.47 bits per heavy atom. The van der Waals surface area contributed by atoms with Crippen molar-refractivity contribution in [1.29, 1.82) is 0 Å². The van der Waals surface area contributed by atoms with Crippen molar-refractivity contribution in [2.75, 3.05) is 23.9 Å². The van der Waals surface area contributed by atoms with Crippen molar-refractivity contribution < 1.29 is 14.3 Å². The first-order valence-electron chi connectivity index (χ1n) is 5.38. The monoisotopic (exact) mass is 299 g/mol. The lowest BCUT2D eigenvalue weighted by Gasteiger charge is -2.23. The SMILES string of the molecule is CC1(c2cccc(NC(=O)CBr)c2)OCCO1. The van der Waals surface area contributed by atoms with Crippen LogP contribution in [0.4, 0.5) is 5.69 Å². The number of nitrogens with one attached hydrogen (secondary N) is 1. The number of carbonyl (C=O) groups is 1. The summed E-state index contributed by atoms with van der Waals surface area (Å²) in [4.78, 5) is 11.3. The van der Waals surface area contributed by atoms with Crippen molar-refractivity contribution in [2.45, 2.75) is 12.7 Å². The Hall–Kier alpha value is -0.910. The summed E-state index contributed by atoms with van der Waals surface area (Å²) < 4.78 is 11.1. The Morgan fingerprint density at radius 2 is 2.18 bits per heavy atom. The van der Waals surface area contributed by atoms with Crippen LogP contribution >= 0.6 is 15.9 Å². The molecule has 0 bridgehead atoms. The number of halogens is 1. The maximum atomic E-state index is 11.3. The van der Waals surface area contributed by atoms with Gasteiger partial charge in [0.1, 0.15) is 0 Å². The van der Waals surface area contributed by atoms with Crippen LogP contribution in [0.25, 0.3) is 0 Å². The topological polar surface area (TPSA) is 47.6 Å². The number of alkyl halides is 1. The average Bonchev–Trinajstić information content (AvgIpc) is 2.78. The van der Waals surface area contributed by atoms with Crippen LogP contribution in [-0.4, -0.2) is 24.5 Å². The summed E-state index contributed by atoms with van der Waals surface area (Å²) in [6.45, 7) is 3.06. The zero-order valence-electron chi connectivity index (χ0n) is 9.53. The Morgan fingerprint density at radius 3 is 2.82 bits per heavy atom. The number of carbonyl (C=O) groups excluding carboxylic acids is 1. The van der Waals surface area contributed by atoms with Crippen molar-refractivity contribution in [3.05, 3.63) is 29.8 Å². The van der Waals surface area contributed by atoms with Crippen LogP contribution in [0, 0.1) is 0 Å². The highest BCUT2D eigenvalue weighted by Crippen LogP contribution is 2.31. The summed E-state index contributed by atoms with van der Waals surface area (Å²) in [5.41, 5.74) is 1.65. The Kier molecular flexibility index (Phi) is 3.81. The number of benzene rings is 1. The summed E-state index contributed by atoms with van der Waals surface area (Å²) in [6, 6.07) is 7.50. The third-order valence-corrected chi connectivity index (χ3v) is 3.14. The van der Waals surface area contributed by atoms with Crippen LogP contribution in [0.1, 0.15) is 12.5 Å². The van der Waals surface area contributed by atoms with Crippen LogP contribution in [-0.2, 0) is 20.1 Å². The van der Waals surface area contributed by atoms with E-state index < -0.39 is 5.79 Å². The van der Waals surface area contributed by atoms with Crippen molar-refractivity contribution in [3.8, 4) is 0 Å². The quantitative estimate of drug-likeness (QED) is 0.871. The molecule has 1 aromatic rings. The largest absolute Gasteiger partial charge is 0.344 e. The maximum absolute atomic E-state index is 11.3. The van der Waals surface area contributed by atoms with Crippen LogP contribution in [0.3, 0.4) is 0 Å². The van der Waals surface area contributed by atoms with E-state index in [0.29, 0.717) is 13.2 Å². The van der Waals surface area contributed by atoms with Gasteiger partial charge in [0, 0.05) is 11.3 Å². The van der Waals surface area contributed by atoms with Crippen molar-refractivity contribution in [2.24, 2.45) is 0 Å². The normalized spacial score (nSPS) is 18.0. The second-order valence-corrected chi connectivity index (χ2v) is 4.47. The van der Waals surface area contributed by atoms with E-state index in [4.69, 9.17) is 9.47 Å². The van der Waals surface area contributed by atoms with E-state index in [9.17, 15) is 4.79 Å². The Bertz CT molecular complexity index is 416. The standard InChI is InChI=1S/C12H14BrNO3/c1-12(16-5-6-17-12)9-3-2-4-10(7-9)14-11(15)8-13/h2-4,7H,5-6,8H2,1H3,(H,14,15). The van der Waals surface area contributed by atoms with Crippen LogP contribution in [0.5, 0.6) is 0 Å². The fourth-order valence-electron chi connectivity index (χ4n) is 1.76. The van der Waals surface area contributed by atoms with Gasteiger partial charge in [-0.05, 0) is 19.1 Å². The first-order valence-corrected chi connectivity index (χ1v) is 6.50. The molecule has 1 heterocycles. The summed E-state index contributed by atoms with van der Waals surface area (Å²) >= 11 is 3.11. The van der Waals surface area contributed by atoms with E-state index in [2.05, 4.69) is 21.2 Å². The number of rotatable bonds is 3. The smallest absolute Gasteiger partial charge is 0.235 e. The molecule has 1 fully saturated rings. The highest BCUT2D eigenvalue weighted by Gasteiger charge is 2.33. The molecule has 1 aromatic carbocycles. The van der Waals surface area contributed by atoms with Crippen molar-refractivity contribution >= 4 is 27.5 Å². The van der Waals surface area contributed by atoms with Gasteiger partial charge >= 0.3 is 0 Å². The lowest BCUT2D eigenvalue weighted by molar-refractivity contribution is -0.149. The lowest BCUT2D eigenvalue weighted by atomic mass is 10.1. The molecule has 0 spiro atoms. The number of hydrogen-bond acceptors (Lipinski definition) is 3. The zero-order chi connectivity index (χ0) is 12.3. The third-order valence-electron chi connectivity index (χ3n) is 2.63. The van der Waals surface area contributed by atoms with E-state index in [-0.39, 0.29) is 11.2 Å². The first-order chi connectivity index (χ1) is 8.14. The molecule has 1 saturated heterocycles. The van der Waals surface area contributed by atoms with Crippen LogP contribution in [0.2, 0.25) is 0 Å². The summed E-state index contributed by atoms with van der Waals surface area (Å²) in [6.07, 6.45) is 0. The molecular formula is C12H14BrNO3. The fraction of sp³-hybridized carbons (Fsp3) is 0.417. The minimum absolute atomic E-state index is 0.0828. The molecule has 92 valence electrons. The van der Waals surface area contributed by atoms with Gasteiger partial charge in [0.25, 0.3) is 0 Å². The predicted octanol–water partition coefficient (Wildman–Crippen LogP) is 2.24. The molecule has 0 aromatic heterocycles.